The number of anilines is 1. The molecule has 0 saturated carbocycles. The van der Waals surface area contributed by atoms with Crippen LogP contribution in [0.5, 0.6) is 0 Å². The number of halogens is 1. The molecule has 0 radical (unpaired) electrons. The molecule has 100 valence electrons. The standard InChI is InChI=1S/C13H13BrN2O2S/c1-9-3-4-13(11(14)7-9)19(17,18)16-12-5-6-15-8-10(12)2/h3-8H,1-2H3,(H,15,16). The summed E-state index contributed by atoms with van der Waals surface area (Å²) in [6.07, 6.45) is 3.16. The van der Waals surface area contributed by atoms with Crippen LogP contribution in [0.2, 0.25) is 0 Å². The molecule has 0 aliphatic carbocycles. The van der Waals surface area contributed by atoms with E-state index in [1.54, 1.807) is 43.6 Å². The molecule has 2 aromatic rings. The molecule has 1 aromatic carbocycles. The fourth-order valence-corrected chi connectivity index (χ4v) is 3.94. The van der Waals surface area contributed by atoms with E-state index in [4.69, 9.17) is 0 Å². The SMILES string of the molecule is Cc1ccc(S(=O)(=O)Nc2ccncc2C)c(Br)c1. The van der Waals surface area contributed by atoms with E-state index in [1.165, 1.54) is 0 Å². The average Bonchev–Trinajstić information content (AvgIpc) is 2.31. The van der Waals surface area contributed by atoms with Gasteiger partial charge in [0, 0.05) is 16.9 Å². The van der Waals surface area contributed by atoms with Crippen LogP contribution in [0.25, 0.3) is 0 Å². The number of aryl methyl sites for hydroxylation is 2. The van der Waals surface area contributed by atoms with Crippen LogP contribution in [0.3, 0.4) is 0 Å². The number of nitrogens with one attached hydrogen (secondary N) is 1. The monoisotopic (exact) mass is 340 g/mol. The third-order valence-electron chi connectivity index (χ3n) is 2.64. The molecule has 4 nitrogen and oxygen atoms in total. The molecule has 0 saturated heterocycles. The number of pyridine rings is 1. The van der Waals surface area contributed by atoms with Gasteiger partial charge in [0.25, 0.3) is 10.0 Å². The number of sulfonamides is 1. The normalized spacial score (nSPS) is 11.3. The Bertz CT molecular complexity index is 714. The summed E-state index contributed by atoms with van der Waals surface area (Å²) >= 11 is 3.28. The Hall–Kier alpha value is -1.40. The first kappa shape index (κ1) is 14.0. The Morgan fingerprint density at radius 1 is 1.21 bits per heavy atom. The van der Waals surface area contributed by atoms with Gasteiger partial charge in [0.05, 0.1) is 5.69 Å². The average molecular weight is 341 g/mol. The predicted octanol–water partition coefficient (Wildman–Crippen LogP) is 3.26. The number of aromatic nitrogens is 1. The summed E-state index contributed by atoms with van der Waals surface area (Å²) in [4.78, 5) is 4.15. The minimum Gasteiger partial charge on any atom is -0.279 e. The highest BCUT2D eigenvalue weighted by Crippen LogP contribution is 2.25. The zero-order valence-corrected chi connectivity index (χ0v) is 12.9. The Labute approximate surface area is 121 Å². The lowest BCUT2D eigenvalue weighted by Gasteiger charge is -2.11. The Balaban J connectivity index is 2.41. The number of hydrogen-bond donors (Lipinski definition) is 1. The molecule has 2 rings (SSSR count). The molecule has 6 heteroatoms. The van der Waals surface area contributed by atoms with E-state index in [9.17, 15) is 8.42 Å². The maximum atomic E-state index is 12.3. The summed E-state index contributed by atoms with van der Waals surface area (Å²) in [6, 6.07) is 6.75. The first-order valence-corrected chi connectivity index (χ1v) is 7.87. The largest absolute Gasteiger partial charge is 0.279 e. The van der Waals surface area contributed by atoms with Crippen LogP contribution in [0.4, 0.5) is 5.69 Å². The van der Waals surface area contributed by atoms with Crippen molar-refractivity contribution in [3.05, 3.63) is 52.3 Å². The lowest BCUT2D eigenvalue weighted by Crippen LogP contribution is -2.14. The predicted molar refractivity (Wildman–Crippen MR) is 78.7 cm³/mol. The number of nitrogens with zero attached hydrogens (tertiary/aromatic N) is 1. The second-order valence-corrected chi connectivity index (χ2v) is 6.74. The van der Waals surface area contributed by atoms with Crippen molar-refractivity contribution in [1.82, 2.24) is 4.98 Å². The molecule has 0 spiro atoms. The highest BCUT2D eigenvalue weighted by Gasteiger charge is 2.18. The van der Waals surface area contributed by atoms with Gasteiger partial charge in [0.1, 0.15) is 4.90 Å². The molecular weight excluding hydrogens is 328 g/mol. The molecule has 0 aliphatic heterocycles. The maximum Gasteiger partial charge on any atom is 0.263 e. The van der Waals surface area contributed by atoms with Crippen LogP contribution in [0, 0.1) is 13.8 Å². The second kappa shape index (κ2) is 5.30. The Morgan fingerprint density at radius 3 is 2.58 bits per heavy atom. The minimum atomic E-state index is -3.61. The van der Waals surface area contributed by atoms with Crippen LogP contribution in [-0.2, 0) is 10.0 Å². The van der Waals surface area contributed by atoms with E-state index < -0.39 is 10.0 Å². The fraction of sp³-hybridized carbons (Fsp3) is 0.154. The van der Waals surface area contributed by atoms with Crippen molar-refractivity contribution in [3.8, 4) is 0 Å². The molecule has 19 heavy (non-hydrogen) atoms. The zero-order valence-electron chi connectivity index (χ0n) is 10.5. The summed E-state index contributed by atoms with van der Waals surface area (Å²) in [7, 11) is -3.61. The van der Waals surface area contributed by atoms with Crippen molar-refractivity contribution in [2.75, 3.05) is 4.72 Å². The minimum absolute atomic E-state index is 0.217. The number of hydrogen-bond acceptors (Lipinski definition) is 3. The lowest BCUT2D eigenvalue weighted by molar-refractivity contribution is 0.600. The molecule has 1 heterocycles. The van der Waals surface area contributed by atoms with Gasteiger partial charge in [0.15, 0.2) is 0 Å². The maximum absolute atomic E-state index is 12.3. The first-order valence-electron chi connectivity index (χ1n) is 5.60. The summed E-state index contributed by atoms with van der Waals surface area (Å²) < 4.78 is 27.8. The molecule has 0 bridgehead atoms. The van der Waals surface area contributed by atoms with Gasteiger partial charge in [-0.15, -0.1) is 0 Å². The van der Waals surface area contributed by atoms with Gasteiger partial charge in [0.2, 0.25) is 0 Å². The molecule has 0 fully saturated rings. The van der Waals surface area contributed by atoms with Gasteiger partial charge < -0.3 is 0 Å². The van der Waals surface area contributed by atoms with Crippen molar-refractivity contribution in [1.29, 1.82) is 0 Å². The van der Waals surface area contributed by atoms with Crippen LogP contribution >= 0.6 is 15.9 Å². The molecule has 1 N–H and O–H groups in total. The zero-order chi connectivity index (χ0) is 14.0. The van der Waals surface area contributed by atoms with Gasteiger partial charge in [-0.05, 0) is 59.1 Å². The van der Waals surface area contributed by atoms with Gasteiger partial charge >= 0.3 is 0 Å². The van der Waals surface area contributed by atoms with E-state index in [0.29, 0.717) is 10.2 Å². The van der Waals surface area contributed by atoms with E-state index in [0.717, 1.165) is 11.1 Å². The lowest BCUT2D eigenvalue weighted by atomic mass is 10.2. The highest BCUT2D eigenvalue weighted by atomic mass is 79.9. The third-order valence-corrected chi connectivity index (χ3v) is 4.98. The molecule has 1 aromatic heterocycles. The summed E-state index contributed by atoms with van der Waals surface area (Å²) in [5.74, 6) is 0. The second-order valence-electron chi connectivity index (χ2n) is 4.23. The molecular formula is C13H13BrN2O2S. The molecule has 0 aliphatic rings. The Morgan fingerprint density at radius 2 is 1.95 bits per heavy atom. The van der Waals surface area contributed by atoms with Crippen LogP contribution < -0.4 is 4.72 Å². The van der Waals surface area contributed by atoms with Crippen molar-refractivity contribution in [2.45, 2.75) is 18.7 Å². The summed E-state index contributed by atoms with van der Waals surface area (Å²) in [5, 5.41) is 0. The molecule has 0 atom stereocenters. The van der Waals surface area contributed by atoms with Crippen molar-refractivity contribution < 1.29 is 8.42 Å². The topological polar surface area (TPSA) is 59.1 Å². The van der Waals surface area contributed by atoms with Gasteiger partial charge in [-0.2, -0.15) is 0 Å². The molecule has 0 amide bonds. The van der Waals surface area contributed by atoms with Crippen molar-refractivity contribution in [2.24, 2.45) is 0 Å². The smallest absolute Gasteiger partial charge is 0.263 e. The number of benzene rings is 1. The third kappa shape index (κ3) is 3.13. The van der Waals surface area contributed by atoms with E-state index in [-0.39, 0.29) is 4.90 Å². The van der Waals surface area contributed by atoms with Crippen LogP contribution in [0.1, 0.15) is 11.1 Å². The fourth-order valence-electron chi connectivity index (χ4n) is 1.61. The summed E-state index contributed by atoms with van der Waals surface area (Å²) in [6.45, 7) is 3.71. The van der Waals surface area contributed by atoms with Gasteiger partial charge in [-0.1, -0.05) is 6.07 Å². The number of rotatable bonds is 3. The Kier molecular flexibility index (Phi) is 3.91. The van der Waals surface area contributed by atoms with Crippen molar-refractivity contribution in [3.63, 3.8) is 0 Å². The van der Waals surface area contributed by atoms with Crippen LogP contribution in [0.15, 0.2) is 46.0 Å². The quantitative estimate of drug-likeness (QED) is 0.932. The summed E-state index contributed by atoms with van der Waals surface area (Å²) in [5.41, 5.74) is 2.29. The van der Waals surface area contributed by atoms with E-state index >= 15 is 0 Å². The van der Waals surface area contributed by atoms with Crippen LogP contribution in [-0.4, -0.2) is 13.4 Å². The highest BCUT2D eigenvalue weighted by molar-refractivity contribution is 9.10. The van der Waals surface area contributed by atoms with E-state index in [1.807, 2.05) is 6.92 Å². The van der Waals surface area contributed by atoms with E-state index in [2.05, 4.69) is 25.6 Å². The van der Waals surface area contributed by atoms with Crippen molar-refractivity contribution >= 4 is 31.6 Å². The first-order chi connectivity index (χ1) is 8.90. The van der Waals surface area contributed by atoms with Gasteiger partial charge in [-0.3, -0.25) is 9.71 Å². The molecule has 0 unspecified atom stereocenters. The van der Waals surface area contributed by atoms with Gasteiger partial charge in [-0.25, -0.2) is 8.42 Å².